The maximum absolute atomic E-state index is 13.1. The average Bonchev–Trinajstić information content (AvgIpc) is 3.32. The monoisotopic (exact) mass is 556 g/mol. The zero-order valence-corrected chi connectivity index (χ0v) is 23.2. The molecule has 6 nitrogen and oxygen atoms in total. The maximum atomic E-state index is 13.1. The summed E-state index contributed by atoms with van der Waals surface area (Å²) in [7, 11) is -3.50. The SMILES string of the molecule is Cc1ccc(-c2nc3ccc(-c4ccccc4Cl)cn3c2CN2CCN(S(=O)(=O)c3ccccc3)CC2)cc1. The van der Waals surface area contributed by atoms with E-state index in [9.17, 15) is 8.42 Å². The molecule has 0 amide bonds. The van der Waals surface area contributed by atoms with E-state index in [-0.39, 0.29) is 0 Å². The Hall–Kier alpha value is -3.49. The highest BCUT2D eigenvalue weighted by atomic mass is 35.5. The highest BCUT2D eigenvalue weighted by Crippen LogP contribution is 2.31. The van der Waals surface area contributed by atoms with Gasteiger partial charge >= 0.3 is 0 Å². The molecule has 1 aliphatic rings. The number of hydrogen-bond acceptors (Lipinski definition) is 4. The van der Waals surface area contributed by atoms with Crippen molar-refractivity contribution in [3.63, 3.8) is 0 Å². The van der Waals surface area contributed by atoms with E-state index >= 15 is 0 Å². The molecule has 0 atom stereocenters. The minimum atomic E-state index is -3.50. The quantitative estimate of drug-likeness (QED) is 0.252. The van der Waals surface area contributed by atoms with Crippen molar-refractivity contribution < 1.29 is 8.42 Å². The summed E-state index contributed by atoms with van der Waals surface area (Å²) in [4.78, 5) is 7.67. The van der Waals surface area contributed by atoms with Crippen molar-refractivity contribution in [3.8, 4) is 22.4 Å². The molecular formula is C31H29ClN4O2S. The van der Waals surface area contributed by atoms with Gasteiger partial charge in [-0.2, -0.15) is 4.31 Å². The first-order valence-electron chi connectivity index (χ1n) is 13.0. The van der Waals surface area contributed by atoms with E-state index in [0.29, 0.717) is 42.6 Å². The molecule has 2 aromatic heterocycles. The third-order valence-electron chi connectivity index (χ3n) is 7.31. The van der Waals surface area contributed by atoms with E-state index < -0.39 is 10.0 Å². The number of nitrogens with zero attached hydrogens (tertiary/aromatic N) is 4. The third kappa shape index (κ3) is 5.11. The summed E-state index contributed by atoms with van der Waals surface area (Å²) in [6, 6.07) is 29.0. The maximum Gasteiger partial charge on any atom is 0.243 e. The first kappa shape index (κ1) is 25.8. The summed E-state index contributed by atoms with van der Waals surface area (Å²) in [6.45, 7) is 4.88. The fourth-order valence-electron chi connectivity index (χ4n) is 5.12. The number of sulfonamides is 1. The van der Waals surface area contributed by atoms with Gasteiger partial charge in [0.05, 0.1) is 16.3 Å². The largest absolute Gasteiger partial charge is 0.301 e. The highest BCUT2D eigenvalue weighted by Gasteiger charge is 2.29. The van der Waals surface area contributed by atoms with Crippen LogP contribution >= 0.6 is 11.6 Å². The van der Waals surface area contributed by atoms with Crippen molar-refractivity contribution in [2.24, 2.45) is 0 Å². The summed E-state index contributed by atoms with van der Waals surface area (Å²) >= 11 is 6.53. The van der Waals surface area contributed by atoms with Gasteiger partial charge in [-0.25, -0.2) is 13.4 Å². The predicted octanol–water partition coefficient (Wildman–Crippen LogP) is 6.14. The molecule has 3 heterocycles. The Labute approximate surface area is 234 Å². The minimum Gasteiger partial charge on any atom is -0.301 e. The second-order valence-electron chi connectivity index (χ2n) is 9.89. The number of aryl methyl sites for hydroxylation is 1. The van der Waals surface area contributed by atoms with Crippen LogP contribution in [0.2, 0.25) is 5.02 Å². The Balaban J connectivity index is 1.33. The smallest absolute Gasteiger partial charge is 0.243 e. The molecular weight excluding hydrogens is 528 g/mol. The van der Waals surface area contributed by atoms with Gasteiger partial charge in [0.2, 0.25) is 10.0 Å². The number of imidazole rings is 1. The Bertz CT molecular complexity index is 1730. The highest BCUT2D eigenvalue weighted by molar-refractivity contribution is 7.89. The van der Waals surface area contributed by atoms with Gasteiger partial charge < -0.3 is 4.40 Å². The molecule has 0 radical (unpaired) electrons. The van der Waals surface area contributed by atoms with Crippen LogP contribution in [0.4, 0.5) is 0 Å². The first-order chi connectivity index (χ1) is 18.9. The first-order valence-corrected chi connectivity index (χ1v) is 14.8. The summed E-state index contributed by atoms with van der Waals surface area (Å²) < 4.78 is 30.0. The van der Waals surface area contributed by atoms with Crippen molar-refractivity contribution in [3.05, 3.63) is 113 Å². The van der Waals surface area contributed by atoms with Crippen molar-refractivity contribution in [1.82, 2.24) is 18.6 Å². The lowest BCUT2D eigenvalue weighted by Crippen LogP contribution is -2.48. The van der Waals surface area contributed by atoms with E-state index in [1.807, 2.05) is 36.4 Å². The molecule has 0 aliphatic carbocycles. The Morgan fingerprint density at radius 3 is 2.18 bits per heavy atom. The molecule has 0 spiro atoms. The van der Waals surface area contributed by atoms with Crippen molar-refractivity contribution >= 4 is 27.3 Å². The molecule has 0 unspecified atom stereocenters. The zero-order valence-electron chi connectivity index (χ0n) is 21.7. The van der Waals surface area contributed by atoms with E-state index in [1.54, 1.807) is 28.6 Å². The van der Waals surface area contributed by atoms with Gasteiger partial charge in [-0.05, 0) is 42.8 Å². The fraction of sp³-hybridized carbons (Fsp3) is 0.194. The predicted molar refractivity (Wildman–Crippen MR) is 156 cm³/mol. The lowest BCUT2D eigenvalue weighted by Gasteiger charge is -2.34. The minimum absolute atomic E-state index is 0.342. The van der Waals surface area contributed by atoms with Gasteiger partial charge in [0.1, 0.15) is 5.65 Å². The van der Waals surface area contributed by atoms with Gasteiger partial charge in [-0.3, -0.25) is 4.90 Å². The number of aromatic nitrogens is 2. The van der Waals surface area contributed by atoms with Gasteiger partial charge in [0.25, 0.3) is 0 Å². The van der Waals surface area contributed by atoms with E-state index in [2.05, 4.69) is 52.8 Å². The van der Waals surface area contributed by atoms with Crippen LogP contribution in [-0.4, -0.2) is 53.2 Å². The normalized spacial score (nSPS) is 15.1. The molecule has 1 saturated heterocycles. The fourth-order valence-corrected chi connectivity index (χ4v) is 6.81. The van der Waals surface area contributed by atoms with E-state index in [4.69, 9.17) is 16.6 Å². The molecule has 198 valence electrons. The Morgan fingerprint density at radius 1 is 0.795 bits per heavy atom. The standard InChI is InChI=1S/C31H29ClN4O2S/c1-23-11-13-24(14-12-23)31-29(36-21-25(15-16-30(36)33-31)27-9-5-6-10-28(27)32)22-34-17-19-35(20-18-34)39(37,38)26-7-3-2-4-8-26/h2-16,21H,17-20,22H2,1H3. The summed E-state index contributed by atoms with van der Waals surface area (Å²) in [6.07, 6.45) is 2.10. The molecule has 3 aromatic carbocycles. The topological polar surface area (TPSA) is 57.9 Å². The van der Waals surface area contributed by atoms with E-state index in [1.165, 1.54) is 5.56 Å². The van der Waals surface area contributed by atoms with Crippen LogP contribution in [0, 0.1) is 6.92 Å². The van der Waals surface area contributed by atoms with Crippen LogP contribution in [0.3, 0.4) is 0 Å². The summed E-state index contributed by atoms with van der Waals surface area (Å²) in [5, 5.41) is 0.702. The van der Waals surface area contributed by atoms with Gasteiger partial charge in [0.15, 0.2) is 0 Å². The molecule has 0 bridgehead atoms. The molecule has 1 fully saturated rings. The number of hydrogen-bond donors (Lipinski definition) is 0. The summed E-state index contributed by atoms with van der Waals surface area (Å²) in [5.74, 6) is 0. The molecule has 1 aliphatic heterocycles. The number of halogens is 1. The van der Waals surface area contributed by atoms with E-state index in [0.717, 1.165) is 33.7 Å². The Kier molecular flexibility index (Phi) is 6.99. The molecule has 39 heavy (non-hydrogen) atoms. The lowest BCUT2D eigenvalue weighted by atomic mass is 10.1. The lowest BCUT2D eigenvalue weighted by molar-refractivity contribution is 0.180. The number of piperazine rings is 1. The number of fused-ring (bicyclic) bond motifs is 1. The average molecular weight is 557 g/mol. The number of pyridine rings is 1. The molecule has 0 N–H and O–H groups in total. The Morgan fingerprint density at radius 2 is 1.46 bits per heavy atom. The second kappa shape index (κ2) is 10.6. The third-order valence-corrected chi connectivity index (χ3v) is 9.56. The molecule has 0 saturated carbocycles. The van der Waals surface area contributed by atoms with Crippen molar-refractivity contribution in [2.75, 3.05) is 26.2 Å². The zero-order chi connectivity index (χ0) is 27.0. The van der Waals surface area contributed by atoms with Crippen LogP contribution in [0.1, 0.15) is 11.3 Å². The second-order valence-corrected chi connectivity index (χ2v) is 12.2. The van der Waals surface area contributed by atoms with Gasteiger partial charge in [-0.15, -0.1) is 0 Å². The van der Waals surface area contributed by atoms with Crippen LogP contribution in [0.5, 0.6) is 0 Å². The van der Waals surface area contributed by atoms with Gasteiger partial charge in [-0.1, -0.05) is 77.8 Å². The molecule has 6 rings (SSSR count). The van der Waals surface area contributed by atoms with Crippen LogP contribution in [-0.2, 0) is 16.6 Å². The van der Waals surface area contributed by atoms with Gasteiger partial charge in [0, 0.05) is 55.1 Å². The van der Waals surface area contributed by atoms with Crippen molar-refractivity contribution in [2.45, 2.75) is 18.4 Å². The number of rotatable bonds is 6. The van der Waals surface area contributed by atoms with Crippen LogP contribution in [0.15, 0.2) is 102 Å². The summed E-state index contributed by atoms with van der Waals surface area (Å²) in [5.41, 5.74) is 7.11. The van der Waals surface area contributed by atoms with Crippen LogP contribution < -0.4 is 0 Å². The van der Waals surface area contributed by atoms with Crippen molar-refractivity contribution in [1.29, 1.82) is 0 Å². The molecule has 5 aromatic rings. The number of benzene rings is 3. The molecule has 8 heteroatoms. The van der Waals surface area contributed by atoms with Crippen LogP contribution in [0.25, 0.3) is 28.0 Å².